The highest BCUT2D eigenvalue weighted by atomic mass is 16.5. The van der Waals surface area contributed by atoms with Crippen molar-refractivity contribution in [3.63, 3.8) is 0 Å². The average Bonchev–Trinajstić information content (AvgIpc) is 3.11. The molecule has 1 fully saturated rings. The molecular weight excluding hydrogens is 570 g/mol. The quantitative estimate of drug-likeness (QED) is 0.141. The molecule has 0 unspecified atom stereocenters. The molecule has 0 spiro atoms. The standard InChI is InChI=1S/C40H45N3O3/c1-6-11-31(26-30(2)36-12-7-9-14-39(36)45-4)29-43(33-16-18-35(44-3)19-17-33)34-21-24-42(25-22-34)28-32-20-23-41-38(27-32)37-13-8-10-15-40(37)46-5/h6-20,23,26-27,34H,1,21-22,24-25,28-29H2,2-5H3/b30-26+,31-11+. The molecule has 1 aliphatic heterocycles. The molecule has 1 saturated heterocycles. The highest BCUT2D eigenvalue weighted by Crippen LogP contribution is 2.31. The van der Waals surface area contributed by atoms with E-state index in [1.807, 2.05) is 54.7 Å². The van der Waals surface area contributed by atoms with Crippen LogP contribution < -0.4 is 19.1 Å². The van der Waals surface area contributed by atoms with E-state index in [0.717, 1.165) is 78.7 Å². The molecule has 5 rings (SSSR count). The maximum atomic E-state index is 5.65. The Morgan fingerprint density at radius 2 is 1.59 bits per heavy atom. The Hall–Kier alpha value is -4.81. The average molecular weight is 616 g/mol. The zero-order valence-corrected chi connectivity index (χ0v) is 27.5. The number of piperidine rings is 1. The molecule has 3 aromatic carbocycles. The van der Waals surface area contributed by atoms with Crippen molar-refractivity contribution in [2.45, 2.75) is 32.4 Å². The third kappa shape index (κ3) is 8.06. The van der Waals surface area contributed by atoms with Crippen molar-refractivity contribution in [2.75, 3.05) is 45.9 Å². The van der Waals surface area contributed by atoms with Gasteiger partial charge in [0.2, 0.25) is 0 Å². The van der Waals surface area contributed by atoms with Gasteiger partial charge in [0.25, 0.3) is 0 Å². The molecule has 1 aliphatic rings. The molecule has 0 atom stereocenters. The number of aromatic nitrogens is 1. The number of benzene rings is 3. The van der Waals surface area contributed by atoms with E-state index < -0.39 is 0 Å². The molecule has 0 aliphatic carbocycles. The fourth-order valence-corrected chi connectivity index (χ4v) is 6.25. The number of pyridine rings is 1. The molecule has 0 bridgehead atoms. The van der Waals surface area contributed by atoms with Crippen LogP contribution in [0.5, 0.6) is 17.2 Å². The lowest BCUT2D eigenvalue weighted by molar-refractivity contribution is 0.202. The van der Waals surface area contributed by atoms with Crippen LogP contribution in [-0.4, -0.2) is 56.9 Å². The molecule has 238 valence electrons. The SMILES string of the molecule is C=C/C=C(\C=C(/C)c1ccccc1OC)CN(c1ccc(OC)cc1)C1CCN(Cc2ccnc(-c3ccccc3OC)c2)CC1. The fourth-order valence-electron chi connectivity index (χ4n) is 6.25. The van der Waals surface area contributed by atoms with E-state index in [9.17, 15) is 0 Å². The van der Waals surface area contributed by atoms with E-state index in [-0.39, 0.29) is 0 Å². The lowest BCUT2D eigenvalue weighted by Gasteiger charge is -2.40. The number of methoxy groups -OCH3 is 3. The van der Waals surface area contributed by atoms with Crippen LogP contribution in [0.15, 0.2) is 122 Å². The van der Waals surface area contributed by atoms with E-state index in [2.05, 4.69) is 82.9 Å². The molecule has 0 saturated carbocycles. The van der Waals surface area contributed by atoms with E-state index in [1.54, 1.807) is 21.3 Å². The van der Waals surface area contributed by atoms with E-state index in [4.69, 9.17) is 14.2 Å². The molecule has 6 heteroatoms. The summed E-state index contributed by atoms with van der Waals surface area (Å²) in [5, 5.41) is 0. The Bertz CT molecular complexity index is 1650. The minimum absolute atomic E-state index is 0.388. The van der Waals surface area contributed by atoms with Crippen molar-refractivity contribution >= 4 is 11.3 Å². The first-order valence-electron chi connectivity index (χ1n) is 15.9. The third-order valence-electron chi connectivity index (χ3n) is 8.63. The third-order valence-corrected chi connectivity index (χ3v) is 8.63. The number of allylic oxidation sites excluding steroid dienone is 3. The van der Waals surface area contributed by atoms with Crippen LogP contribution in [0.1, 0.15) is 30.9 Å². The van der Waals surface area contributed by atoms with Gasteiger partial charge in [0.1, 0.15) is 17.2 Å². The van der Waals surface area contributed by atoms with E-state index >= 15 is 0 Å². The molecule has 0 radical (unpaired) electrons. The summed E-state index contributed by atoms with van der Waals surface area (Å²) in [6.45, 7) is 9.86. The van der Waals surface area contributed by atoms with Crippen LogP contribution in [0, 0.1) is 0 Å². The number of ether oxygens (including phenoxy) is 3. The smallest absolute Gasteiger partial charge is 0.128 e. The Labute approximate surface area is 274 Å². The van der Waals surface area contributed by atoms with Gasteiger partial charge in [-0.05, 0) is 91.1 Å². The molecule has 2 heterocycles. The van der Waals surface area contributed by atoms with Crippen molar-refractivity contribution < 1.29 is 14.2 Å². The monoisotopic (exact) mass is 615 g/mol. The summed E-state index contributed by atoms with van der Waals surface area (Å²) in [5.41, 5.74) is 7.83. The van der Waals surface area contributed by atoms with Crippen LogP contribution in [0.2, 0.25) is 0 Å². The zero-order chi connectivity index (χ0) is 32.3. The van der Waals surface area contributed by atoms with Gasteiger partial charge in [-0.2, -0.15) is 0 Å². The molecule has 1 aromatic heterocycles. The van der Waals surface area contributed by atoms with E-state index in [1.165, 1.54) is 16.8 Å². The van der Waals surface area contributed by atoms with Gasteiger partial charge in [0, 0.05) is 55.2 Å². The molecule has 0 amide bonds. The van der Waals surface area contributed by atoms with Gasteiger partial charge in [0.15, 0.2) is 0 Å². The second-order valence-corrected chi connectivity index (χ2v) is 11.6. The maximum Gasteiger partial charge on any atom is 0.128 e. The van der Waals surface area contributed by atoms with Crippen molar-refractivity contribution in [3.8, 4) is 28.5 Å². The van der Waals surface area contributed by atoms with Crippen LogP contribution in [-0.2, 0) is 6.54 Å². The molecule has 0 N–H and O–H groups in total. The Morgan fingerprint density at radius 3 is 2.28 bits per heavy atom. The summed E-state index contributed by atoms with van der Waals surface area (Å²) in [4.78, 5) is 9.74. The number of nitrogens with zero attached hydrogens (tertiary/aromatic N) is 3. The van der Waals surface area contributed by atoms with Gasteiger partial charge >= 0.3 is 0 Å². The molecule has 46 heavy (non-hydrogen) atoms. The predicted octanol–water partition coefficient (Wildman–Crippen LogP) is 8.46. The van der Waals surface area contributed by atoms with Gasteiger partial charge < -0.3 is 19.1 Å². The number of rotatable bonds is 13. The number of hydrogen-bond donors (Lipinski definition) is 0. The lowest BCUT2D eigenvalue weighted by Crippen LogP contribution is -2.45. The molecule has 4 aromatic rings. The molecule has 6 nitrogen and oxygen atoms in total. The summed E-state index contributed by atoms with van der Waals surface area (Å²) >= 11 is 0. The Balaban J connectivity index is 1.33. The largest absolute Gasteiger partial charge is 0.497 e. The van der Waals surface area contributed by atoms with Crippen molar-refractivity contribution in [2.24, 2.45) is 0 Å². The van der Waals surface area contributed by atoms with Crippen LogP contribution in [0.4, 0.5) is 5.69 Å². The molecular formula is C40H45N3O3. The first kappa shape index (κ1) is 32.6. The summed E-state index contributed by atoms with van der Waals surface area (Å²) in [6.07, 6.45) is 10.3. The summed E-state index contributed by atoms with van der Waals surface area (Å²) in [5.74, 6) is 2.57. The van der Waals surface area contributed by atoms with Gasteiger partial charge in [-0.3, -0.25) is 9.88 Å². The second kappa shape index (κ2) is 16.0. The van der Waals surface area contributed by atoms with Crippen LogP contribution in [0.3, 0.4) is 0 Å². The number of anilines is 1. The van der Waals surface area contributed by atoms with E-state index in [0.29, 0.717) is 6.04 Å². The number of para-hydroxylation sites is 2. The van der Waals surface area contributed by atoms with Crippen LogP contribution >= 0.6 is 0 Å². The lowest BCUT2D eigenvalue weighted by atomic mass is 9.99. The topological polar surface area (TPSA) is 47.1 Å². The number of hydrogen-bond acceptors (Lipinski definition) is 6. The summed E-state index contributed by atoms with van der Waals surface area (Å²) in [6, 6.07) is 29.4. The second-order valence-electron chi connectivity index (χ2n) is 11.6. The fraction of sp³-hybridized carbons (Fsp3) is 0.275. The minimum Gasteiger partial charge on any atom is -0.497 e. The van der Waals surface area contributed by atoms with Gasteiger partial charge in [0.05, 0.1) is 27.0 Å². The highest BCUT2D eigenvalue weighted by molar-refractivity contribution is 5.72. The normalized spacial score (nSPS) is 14.5. The first-order chi connectivity index (χ1) is 22.5. The first-order valence-corrected chi connectivity index (χ1v) is 15.9. The Kier molecular flexibility index (Phi) is 11.3. The predicted molar refractivity (Wildman–Crippen MR) is 190 cm³/mol. The maximum absolute atomic E-state index is 5.65. The summed E-state index contributed by atoms with van der Waals surface area (Å²) < 4.78 is 16.7. The van der Waals surface area contributed by atoms with Gasteiger partial charge in [-0.25, -0.2) is 0 Å². The van der Waals surface area contributed by atoms with Gasteiger partial charge in [-0.15, -0.1) is 0 Å². The van der Waals surface area contributed by atoms with Crippen molar-refractivity contribution in [1.29, 1.82) is 0 Å². The zero-order valence-electron chi connectivity index (χ0n) is 27.5. The number of likely N-dealkylation sites (tertiary alicyclic amines) is 1. The van der Waals surface area contributed by atoms with Crippen LogP contribution in [0.25, 0.3) is 16.8 Å². The van der Waals surface area contributed by atoms with Crippen molar-refractivity contribution in [3.05, 3.63) is 133 Å². The highest BCUT2D eigenvalue weighted by Gasteiger charge is 2.26. The summed E-state index contributed by atoms with van der Waals surface area (Å²) in [7, 11) is 5.13. The van der Waals surface area contributed by atoms with Gasteiger partial charge in [-0.1, -0.05) is 55.1 Å². The Morgan fingerprint density at radius 1 is 0.891 bits per heavy atom. The minimum atomic E-state index is 0.388. The van der Waals surface area contributed by atoms with Crippen molar-refractivity contribution in [1.82, 2.24) is 9.88 Å².